The molecule has 0 fully saturated rings. The second-order valence-corrected chi connectivity index (χ2v) is 10.3. The van der Waals surface area contributed by atoms with Crippen molar-refractivity contribution in [3.05, 3.63) is 30.5 Å². The molecule has 1 heterocycles. The van der Waals surface area contributed by atoms with Crippen LogP contribution in [-0.2, 0) is 30.2 Å². The fourth-order valence-corrected chi connectivity index (χ4v) is 4.80. The van der Waals surface area contributed by atoms with E-state index < -0.39 is 19.6 Å². The van der Waals surface area contributed by atoms with Gasteiger partial charge < -0.3 is 13.3 Å². The van der Waals surface area contributed by atoms with E-state index in [1.807, 2.05) is 38.1 Å². The Kier molecular flexibility index (Phi) is 6.41. The Morgan fingerprint density at radius 3 is 2.38 bits per heavy atom. The summed E-state index contributed by atoms with van der Waals surface area (Å²) >= 11 is 0. The highest BCUT2D eigenvalue weighted by atomic mass is 32.2. The Hall–Kier alpha value is -1.39. The Balaban J connectivity index is 2.34. The van der Waals surface area contributed by atoms with Gasteiger partial charge in [0, 0.05) is 37.0 Å². The SMILES string of the molecule is CO[Si](Cn1cc(-c2ccccc2S(=O)C(C)C)nn1)(OC)OC. The third kappa shape index (κ3) is 3.98. The molecule has 9 heteroatoms. The van der Waals surface area contributed by atoms with Crippen LogP contribution in [0.1, 0.15) is 13.8 Å². The maximum absolute atomic E-state index is 12.5. The summed E-state index contributed by atoms with van der Waals surface area (Å²) in [7, 11) is 0.758. The lowest BCUT2D eigenvalue weighted by molar-refractivity contribution is 0.114. The van der Waals surface area contributed by atoms with Crippen LogP contribution in [0.2, 0.25) is 0 Å². The summed E-state index contributed by atoms with van der Waals surface area (Å²) in [5, 5.41) is 8.36. The van der Waals surface area contributed by atoms with Gasteiger partial charge in [0.2, 0.25) is 0 Å². The van der Waals surface area contributed by atoms with Gasteiger partial charge in [-0.3, -0.25) is 4.21 Å². The minimum atomic E-state index is -2.80. The van der Waals surface area contributed by atoms with Crippen LogP contribution in [0.25, 0.3) is 11.3 Å². The average molecular weight is 370 g/mol. The summed E-state index contributed by atoms with van der Waals surface area (Å²) in [6.07, 6.45) is 2.13. The molecule has 1 atom stereocenters. The van der Waals surface area contributed by atoms with Gasteiger partial charge in [-0.05, 0) is 6.07 Å². The zero-order chi connectivity index (χ0) is 17.7. The summed E-state index contributed by atoms with van der Waals surface area (Å²) in [4.78, 5) is 0.758. The number of hydrogen-bond acceptors (Lipinski definition) is 6. The zero-order valence-corrected chi connectivity index (χ0v) is 16.4. The van der Waals surface area contributed by atoms with Crippen LogP contribution in [0.3, 0.4) is 0 Å². The molecule has 7 nitrogen and oxygen atoms in total. The largest absolute Gasteiger partial charge is 0.522 e. The fourth-order valence-electron chi connectivity index (χ4n) is 2.25. The van der Waals surface area contributed by atoms with Crippen LogP contribution in [-0.4, -0.2) is 54.6 Å². The van der Waals surface area contributed by atoms with E-state index in [0.29, 0.717) is 11.9 Å². The fraction of sp³-hybridized carbons (Fsp3) is 0.467. The number of benzene rings is 1. The number of aromatic nitrogens is 3. The molecule has 0 amide bonds. The predicted molar refractivity (Wildman–Crippen MR) is 93.8 cm³/mol. The van der Waals surface area contributed by atoms with E-state index in [9.17, 15) is 4.21 Å². The summed E-state index contributed by atoms with van der Waals surface area (Å²) in [5.74, 6) is 0. The van der Waals surface area contributed by atoms with E-state index in [2.05, 4.69) is 10.3 Å². The van der Waals surface area contributed by atoms with E-state index >= 15 is 0 Å². The standard InChI is InChI=1S/C15H23N3O4SSi/c1-12(2)23(19)15-9-7-6-8-13(15)14-10-18(17-16-14)11-24(20-3,21-4)22-5/h6-10,12H,11H2,1-5H3. The van der Waals surface area contributed by atoms with Crippen LogP contribution in [0.4, 0.5) is 0 Å². The van der Waals surface area contributed by atoms with E-state index in [4.69, 9.17) is 13.3 Å². The normalized spacial score (nSPS) is 13.4. The molecule has 2 aromatic rings. The lowest BCUT2D eigenvalue weighted by atomic mass is 10.2. The maximum atomic E-state index is 12.5. The third-order valence-corrected chi connectivity index (χ3v) is 7.86. The molecule has 0 bridgehead atoms. The zero-order valence-electron chi connectivity index (χ0n) is 14.6. The Bertz CT molecular complexity index is 695. The van der Waals surface area contributed by atoms with Crippen LogP contribution >= 0.6 is 0 Å². The van der Waals surface area contributed by atoms with E-state index in [0.717, 1.165) is 10.5 Å². The van der Waals surface area contributed by atoms with Crippen molar-refractivity contribution >= 4 is 19.6 Å². The molecule has 0 saturated heterocycles. The van der Waals surface area contributed by atoms with Gasteiger partial charge in [0.25, 0.3) is 0 Å². The number of nitrogens with zero attached hydrogens (tertiary/aromatic N) is 3. The quantitative estimate of drug-likeness (QED) is 0.661. The topological polar surface area (TPSA) is 75.5 Å². The first kappa shape index (κ1) is 18.9. The van der Waals surface area contributed by atoms with Crippen molar-refractivity contribution in [1.82, 2.24) is 15.0 Å². The molecule has 132 valence electrons. The molecule has 0 aliphatic heterocycles. The van der Waals surface area contributed by atoms with Gasteiger partial charge in [-0.25, -0.2) is 4.68 Å². The van der Waals surface area contributed by atoms with Crippen LogP contribution < -0.4 is 0 Å². The molecule has 1 aromatic carbocycles. The Morgan fingerprint density at radius 1 is 1.17 bits per heavy atom. The molecule has 2 rings (SSSR count). The maximum Gasteiger partial charge on any atom is 0.522 e. The summed E-state index contributed by atoms with van der Waals surface area (Å²) in [5.41, 5.74) is 1.47. The van der Waals surface area contributed by atoms with Crippen LogP contribution in [0.15, 0.2) is 35.4 Å². The van der Waals surface area contributed by atoms with Crippen molar-refractivity contribution in [2.75, 3.05) is 21.3 Å². The number of rotatable bonds is 8. The first-order valence-electron chi connectivity index (χ1n) is 7.52. The minimum Gasteiger partial charge on any atom is -0.376 e. The molecule has 1 aromatic heterocycles. The van der Waals surface area contributed by atoms with Crippen molar-refractivity contribution < 1.29 is 17.5 Å². The lowest BCUT2D eigenvalue weighted by Crippen LogP contribution is -2.47. The summed E-state index contributed by atoms with van der Waals surface area (Å²) in [6, 6.07) is 7.54. The Labute approximate surface area is 145 Å². The molecule has 0 aliphatic rings. The van der Waals surface area contributed by atoms with Crippen molar-refractivity contribution in [3.8, 4) is 11.3 Å². The summed E-state index contributed by atoms with van der Waals surface area (Å²) in [6.45, 7) is 3.86. The molecule has 1 unspecified atom stereocenters. The van der Waals surface area contributed by atoms with Crippen LogP contribution in [0.5, 0.6) is 0 Å². The predicted octanol–water partition coefficient (Wildman–Crippen LogP) is 1.88. The second kappa shape index (κ2) is 8.12. The second-order valence-electron chi connectivity index (χ2n) is 5.44. The first-order valence-corrected chi connectivity index (χ1v) is 10.7. The minimum absolute atomic E-state index is 0.0247. The summed E-state index contributed by atoms with van der Waals surface area (Å²) < 4.78 is 30.4. The molecule has 0 N–H and O–H groups in total. The van der Waals surface area contributed by atoms with Crippen molar-refractivity contribution in [2.24, 2.45) is 0 Å². The van der Waals surface area contributed by atoms with Crippen molar-refractivity contribution in [1.29, 1.82) is 0 Å². The molecule has 0 spiro atoms. The van der Waals surface area contributed by atoms with Gasteiger partial charge in [-0.15, -0.1) is 5.10 Å². The molecule has 0 saturated carbocycles. The lowest BCUT2D eigenvalue weighted by Gasteiger charge is -2.23. The van der Waals surface area contributed by atoms with E-state index in [-0.39, 0.29) is 5.25 Å². The highest BCUT2D eigenvalue weighted by Gasteiger charge is 2.39. The number of hydrogen-bond donors (Lipinski definition) is 0. The third-order valence-electron chi connectivity index (χ3n) is 3.64. The van der Waals surface area contributed by atoms with E-state index in [1.165, 1.54) is 0 Å². The Morgan fingerprint density at radius 2 is 1.79 bits per heavy atom. The first-order chi connectivity index (χ1) is 11.5. The van der Waals surface area contributed by atoms with Gasteiger partial charge in [0.1, 0.15) is 11.9 Å². The average Bonchev–Trinajstić information content (AvgIpc) is 3.07. The van der Waals surface area contributed by atoms with Gasteiger partial charge in [-0.1, -0.05) is 37.3 Å². The molecular weight excluding hydrogens is 346 g/mol. The highest BCUT2D eigenvalue weighted by Crippen LogP contribution is 2.26. The van der Waals surface area contributed by atoms with Gasteiger partial charge >= 0.3 is 8.80 Å². The van der Waals surface area contributed by atoms with Gasteiger partial charge in [0.15, 0.2) is 0 Å². The molecule has 24 heavy (non-hydrogen) atoms. The van der Waals surface area contributed by atoms with Gasteiger partial charge in [-0.2, -0.15) is 0 Å². The van der Waals surface area contributed by atoms with Gasteiger partial charge in [0.05, 0.1) is 17.0 Å². The molecular formula is C15H23N3O4SSi. The molecule has 0 aliphatic carbocycles. The van der Waals surface area contributed by atoms with Crippen molar-refractivity contribution in [3.63, 3.8) is 0 Å². The monoisotopic (exact) mass is 369 g/mol. The smallest absolute Gasteiger partial charge is 0.376 e. The molecule has 0 radical (unpaired) electrons. The van der Waals surface area contributed by atoms with Crippen LogP contribution in [0, 0.1) is 0 Å². The highest BCUT2D eigenvalue weighted by molar-refractivity contribution is 7.85. The van der Waals surface area contributed by atoms with E-state index in [1.54, 1.807) is 32.2 Å². The van der Waals surface area contributed by atoms with Crippen molar-refractivity contribution in [2.45, 2.75) is 30.2 Å².